The Morgan fingerprint density at radius 1 is 1.50 bits per heavy atom. The van der Waals surface area contributed by atoms with Crippen molar-refractivity contribution < 1.29 is 9.59 Å². The molecule has 0 aliphatic rings. The number of nitrogens with one attached hydrogen (secondary N) is 1. The van der Waals surface area contributed by atoms with Gasteiger partial charge >= 0.3 is 0 Å². The van der Waals surface area contributed by atoms with Gasteiger partial charge in [0.25, 0.3) is 5.91 Å². The van der Waals surface area contributed by atoms with Crippen LogP contribution in [0.25, 0.3) is 0 Å². The highest BCUT2D eigenvalue weighted by Crippen LogP contribution is 2.11. The molecule has 1 heterocycles. The van der Waals surface area contributed by atoms with Gasteiger partial charge in [0, 0.05) is 26.8 Å². The quantitative estimate of drug-likeness (QED) is 0.786. The molecular weight excluding hydrogens is 232 g/mol. The molecule has 0 saturated carbocycles. The van der Waals surface area contributed by atoms with Crippen LogP contribution in [0.15, 0.2) is 12.3 Å². The van der Waals surface area contributed by atoms with E-state index < -0.39 is 0 Å². The highest BCUT2D eigenvalue weighted by atomic mass is 16.2. The van der Waals surface area contributed by atoms with E-state index in [1.54, 1.807) is 30.9 Å². The van der Waals surface area contributed by atoms with Crippen molar-refractivity contribution in [2.24, 2.45) is 7.05 Å². The summed E-state index contributed by atoms with van der Waals surface area (Å²) in [4.78, 5) is 25.2. The van der Waals surface area contributed by atoms with E-state index in [0.29, 0.717) is 17.9 Å². The lowest BCUT2D eigenvalue weighted by Crippen LogP contribution is -2.40. The standard InChI is InChI=1S/C12H20N4O2/c1-4-5-16(8-11(17)14-2)12(18)10-6-9(13)7-15(10)3/h6-7H,4-5,8,13H2,1-3H3,(H,14,17). The Bertz CT molecular complexity index is 439. The predicted molar refractivity (Wildman–Crippen MR) is 70.1 cm³/mol. The summed E-state index contributed by atoms with van der Waals surface area (Å²) in [6.45, 7) is 2.56. The average molecular weight is 252 g/mol. The summed E-state index contributed by atoms with van der Waals surface area (Å²) in [6, 6.07) is 1.62. The van der Waals surface area contributed by atoms with Crippen LogP contribution in [0.3, 0.4) is 0 Å². The van der Waals surface area contributed by atoms with Gasteiger partial charge in [0.2, 0.25) is 5.91 Å². The molecular formula is C12H20N4O2. The molecule has 6 nitrogen and oxygen atoms in total. The first kappa shape index (κ1) is 14.1. The third-order valence-electron chi connectivity index (χ3n) is 2.64. The zero-order valence-corrected chi connectivity index (χ0v) is 11.1. The van der Waals surface area contributed by atoms with Crippen LogP contribution in [0, 0.1) is 0 Å². The topological polar surface area (TPSA) is 80.4 Å². The van der Waals surface area contributed by atoms with Crippen LogP contribution in [0.1, 0.15) is 23.8 Å². The highest BCUT2D eigenvalue weighted by molar-refractivity contribution is 5.96. The minimum absolute atomic E-state index is 0.0637. The van der Waals surface area contributed by atoms with Crippen molar-refractivity contribution in [1.82, 2.24) is 14.8 Å². The van der Waals surface area contributed by atoms with Crippen LogP contribution in [0.5, 0.6) is 0 Å². The van der Waals surface area contributed by atoms with E-state index in [4.69, 9.17) is 5.73 Å². The monoisotopic (exact) mass is 252 g/mol. The van der Waals surface area contributed by atoms with Gasteiger partial charge in [0.15, 0.2) is 0 Å². The second-order valence-electron chi connectivity index (χ2n) is 4.17. The molecule has 0 spiro atoms. The molecule has 1 rings (SSSR count). The number of nitrogen functional groups attached to an aromatic ring is 1. The second kappa shape index (κ2) is 6.09. The van der Waals surface area contributed by atoms with Crippen molar-refractivity contribution >= 4 is 17.5 Å². The lowest BCUT2D eigenvalue weighted by Gasteiger charge is -2.21. The fourth-order valence-electron chi connectivity index (χ4n) is 1.74. The number of nitrogens with zero attached hydrogens (tertiary/aromatic N) is 2. The minimum Gasteiger partial charge on any atom is -0.397 e. The van der Waals surface area contributed by atoms with Crippen molar-refractivity contribution in [2.45, 2.75) is 13.3 Å². The molecule has 0 saturated heterocycles. The third kappa shape index (κ3) is 3.26. The summed E-state index contributed by atoms with van der Waals surface area (Å²) >= 11 is 0. The van der Waals surface area contributed by atoms with E-state index in [1.807, 2.05) is 6.92 Å². The van der Waals surface area contributed by atoms with Gasteiger partial charge in [-0.1, -0.05) is 6.92 Å². The maximum Gasteiger partial charge on any atom is 0.271 e. The summed E-state index contributed by atoms with van der Waals surface area (Å²) in [5, 5.41) is 2.52. The van der Waals surface area contributed by atoms with Crippen molar-refractivity contribution in [2.75, 3.05) is 25.9 Å². The lowest BCUT2D eigenvalue weighted by molar-refractivity contribution is -0.121. The van der Waals surface area contributed by atoms with Crippen LogP contribution in [-0.4, -0.2) is 41.4 Å². The van der Waals surface area contributed by atoms with Crippen LogP contribution in [0.2, 0.25) is 0 Å². The molecule has 0 radical (unpaired) electrons. The van der Waals surface area contributed by atoms with E-state index >= 15 is 0 Å². The molecule has 0 bridgehead atoms. The first-order valence-electron chi connectivity index (χ1n) is 5.91. The molecule has 6 heteroatoms. The number of rotatable bonds is 5. The maximum absolute atomic E-state index is 12.3. The first-order valence-corrected chi connectivity index (χ1v) is 5.91. The van der Waals surface area contributed by atoms with Gasteiger partial charge in [0.1, 0.15) is 5.69 Å². The summed E-state index contributed by atoms with van der Waals surface area (Å²) in [7, 11) is 3.31. The number of hydrogen-bond acceptors (Lipinski definition) is 3. The highest BCUT2D eigenvalue weighted by Gasteiger charge is 2.20. The normalized spacial score (nSPS) is 10.2. The Labute approximate surface area is 107 Å². The minimum atomic E-state index is -0.181. The van der Waals surface area contributed by atoms with Gasteiger partial charge in [-0.25, -0.2) is 0 Å². The smallest absolute Gasteiger partial charge is 0.271 e. The van der Waals surface area contributed by atoms with E-state index in [-0.39, 0.29) is 18.4 Å². The number of carbonyl (C=O) groups is 2. The zero-order chi connectivity index (χ0) is 13.7. The third-order valence-corrected chi connectivity index (χ3v) is 2.64. The van der Waals surface area contributed by atoms with Gasteiger partial charge < -0.3 is 20.5 Å². The van der Waals surface area contributed by atoms with E-state index in [1.165, 1.54) is 4.90 Å². The van der Waals surface area contributed by atoms with Crippen molar-refractivity contribution in [3.8, 4) is 0 Å². The number of hydrogen-bond donors (Lipinski definition) is 2. The number of nitrogens with two attached hydrogens (primary N) is 1. The van der Waals surface area contributed by atoms with Gasteiger partial charge in [-0.15, -0.1) is 0 Å². The molecule has 0 aliphatic heterocycles. The van der Waals surface area contributed by atoms with Gasteiger partial charge in [-0.05, 0) is 12.5 Å². The molecule has 0 unspecified atom stereocenters. The number of amides is 2. The Kier molecular flexibility index (Phi) is 4.76. The maximum atomic E-state index is 12.3. The molecule has 3 N–H and O–H groups in total. The molecule has 0 aliphatic carbocycles. The van der Waals surface area contributed by atoms with Crippen molar-refractivity contribution in [3.63, 3.8) is 0 Å². The van der Waals surface area contributed by atoms with Gasteiger partial charge in [-0.3, -0.25) is 9.59 Å². The van der Waals surface area contributed by atoms with Crippen LogP contribution in [-0.2, 0) is 11.8 Å². The molecule has 0 fully saturated rings. The number of anilines is 1. The SMILES string of the molecule is CCCN(CC(=O)NC)C(=O)c1cc(N)cn1C. The number of likely N-dealkylation sites (N-methyl/N-ethyl adjacent to an activating group) is 1. The molecule has 0 atom stereocenters. The van der Waals surface area contributed by atoms with Crippen LogP contribution < -0.4 is 11.1 Å². The zero-order valence-electron chi connectivity index (χ0n) is 11.1. The molecule has 18 heavy (non-hydrogen) atoms. The van der Waals surface area contributed by atoms with Crippen LogP contribution in [0.4, 0.5) is 5.69 Å². The summed E-state index contributed by atoms with van der Waals surface area (Å²) in [6.07, 6.45) is 2.47. The Morgan fingerprint density at radius 2 is 2.17 bits per heavy atom. The number of carbonyl (C=O) groups excluding carboxylic acids is 2. The molecule has 1 aromatic heterocycles. The molecule has 0 aromatic carbocycles. The summed E-state index contributed by atoms with van der Waals surface area (Å²) < 4.78 is 1.67. The van der Waals surface area contributed by atoms with Gasteiger partial charge in [-0.2, -0.15) is 0 Å². The molecule has 1 aromatic rings. The summed E-state index contributed by atoms with van der Waals surface area (Å²) in [5.74, 6) is -0.362. The lowest BCUT2D eigenvalue weighted by atomic mass is 10.3. The van der Waals surface area contributed by atoms with Gasteiger partial charge in [0.05, 0.1) is 12.2 Å². The fourth-order valence-corrected chi connectivity index (χ4v) is 1.74. The largest absolute Gasteiger partial charge is 0.397 e. The first-order chi connectivity index (χ1) is 8.49. The predicted octanol–water partition coefficient (Wildman–Crippen LogP) is 0.206. The average Bonchev–Trinajstić information content (AvgIpc) is 2.66. The van der Waals surface area contributed by atoms with E-state index in [0.717, 1.165) is 6.42 Å². The Balaban J connectivity index is 2.88. The van der Waals surface area contributed by atoms with E-state index in [9.17, 15) is 9.59 Å². The molecule has 2 amide bonds. The van der Waals surface area contributed by atoms with Crippen molar-refractivity contribution in [3.05, 3.63) is 18.0 Å². The summed E-state index contributed by atoms with van der Waals surface area (Å²) in [5.41, 5.74) is 6.68. The van der Waals surface area contributed by atoms with E-state index in [2.05, 4.69) is 5.32 Å². The Hall–Kier alpha value is -1.98. The number of aromatic nitrogens is 1. The Morgan fingerprint density at radius 3 is 2.61 bits per heavy atom. The number of aryl methyl sites for hydroxylation is 1. The van der Waals surface area contributed by atoms with Crippen LogP contribution >= 0.6 is 0 Å². The second-order valence-corrected chi connectivity index (χ2v) is 4.17. The molecule has 100 valence electrons. The van der Waals surface area contributed by atoms with Crippen molar-refractivity contribution in [1.29, 1.82) is 0 Å². The fraction of sp³-hybridized carbons (Fsp3) is 0.500.